The Morgan fingerprint density at radius 1 is 1.18 bits per heavy atom. The maximum Gasteiger partial charge on any atom is 0.142 e. The second-order valence-corrected chi connectivity index (χ2v) is 4.81. The standard InChI is InChI=1S/C15H20NO/c1-13-7-9-15(10-8-13)12-17-16-11-14-5-3-2-4-6-14/h7-10,14H,2-6,12H2,1H3. The zero-order valence-electron chi connectivity index (χ0n) is 10.5. The van der Waals surface area contributed by atoms with E-state index in [-0.39, 0.29) is 0 Å². The van der Waals surface area contributed by atoms with Gasteiger partial charge in [0.2, 0.25) is 0 Å². The minimum Gasteiger partial charge on any atom is -0.391 e. The number of benzene rings is 1. The van der Waals surface area contributed by atoms with Gasteiger partial charge < -0.3 is 4.84 Å². The molecule has 1 aliphatic rings. The van der Waals surface area contributed by atoms with Gasteiger partial charge in [0, 0.05) is 5.92 Å². The van der Waals surface area contributed by atoms with Crippen molar-refractivity contribution < 1.29 is 4.84 Å². The molecule has 17 heavy (non-hydrogen) atoms. The maximum atomic E-state index is 5.28. The first-order valence-electron chi connectivity index (χ1n) is 6.47. The zero-order chi connectivity index (χ0) is 11.9. The summed E-state index contributed by atoms with van der Waals surface area (Å²) in [6.45, 7) is 2.62. The molecular formula is C15H20NO. The summed E-state index contributed by atoms with van der Waals surface area (Å²) in [6.07, 6.45) is 9.53. The highest BCUT2D eigenvalue weighted by atomic mass is 16.6. The number of aryl methyl sites for hydroxylation is 1. The lowest BCUT2D eigenvalue weighted by molar-refractivity contribution is 0.130. The van der Waals surface area contributed by atoms with E-state index in [1.807, 2.05) is 0 Å². The summed E-state index contributed by atoms with van der Waals surface area (Å²) in [5.41, 5.74) is 2.43. The zero-order valence-corrected chi connectivity index (χ0v) is 10.5. The molecule has 0 bridgehead atoms. The minimum atomic E-state index is 0.516. The molecule has 1 aromatic carbocycles. The van der Waals surface area contributed by atoms with Crippen molar-refractivity contribution in [2.24, 2.45) is 11.1 Å². The fourth-order valence-electron chi connectivity index (χ4n) is 2.13. The van der Waals surface area contributed by atoms with Crippen molar-refractivity contribution in [1.82, 2.24) is 0 Å². The molecule has 1 fully saturated rings. The number of rotatable bonds is 4. The molecule has 2 rings (SSSR count). The van der Waals surface area contributed by atoms with Crippen molar-refractivity contribution in [3.05, 3.63) is 35.4 Å². The topological polar surface area (TPSA) is 21.6 Å². The van der Waals surface area contributed by atoms with Crippen molar-refractivity contribution in [3.8, 4) is 0 Å². The van der Waals surface area contributed by atoms with Crippen molar-refractivity contribution in [3.63, 3.8) is 0 Å². The van der Waals surface area contributed by atoms with Gasteiger partial charge in [0.25, 0.3) is 0 Å². The van der Waals surface area contributed by atoms with E-state index >= 15 is 0 Å². The van der Waals surface area contributed by atoms with Crippen LogP contribution in [0.4, 0.5) is 0 Å². The second kappa shape index (κ2) is 6.43. The highest BCUT2D eigenvalue weighted by molar-refractivity contribution is 5.59. The van der Waals surface area contributed by atoms with Gasteiger partial charge in [0.15, 0.2) is 0 Å². The number of hydrogen-bond donors (Lipinski definition) is 0. The van der Waals surface area contributed by atoms with Gasteiger partial charge in [-0.1, -0.05) is 54.2 Å². The summed E-state index contributed by atoms with van der Waals surface area (Å²) >= 11 is 0. The van der Waals surface area contributed by atoms with Gasteiger partial charge in [-0.2, -0.15) is 0 Å². The van der Waals surface area contributed by atoms with Gasteiger partial charge in [-0.15, -0.1) is 0 Å². The van der Waals surface area contributed by atoms with Crippen LogP contribution in [0.5, 0.6) is 0 Å². The Hall–Kier alpha value is -1.31. The Labute approximate surface area is 104 Å². The van der Waals surface area contributed by atoms with Gasteiger partial charge in [0.1, 0.15) is 12.8 Å². The molecule has 0 unspecified atom stereocenters. The fourth-order valence-corrected chi connectivity index (χ4v) is 2.13. The van der Waals surface area contributed by atoms with Crippen LogP contribution in [0, 0.1) is 12.8 Å². The lowest BCUT2D eigenvalue weighted by atomic mass is 9.90. The van der Waals surface area contributed by atoms with Crippen molar-refractivity contribution >= 4 is 6.21 Å². The molecule has 1 saturated carbocycles. The van der Waals surface area contributed by atoms with E-state index in [0.29, 0.717) is 12.5 Å². The van der Waals surface area contributed by atoms with E-state index in [1.165, 1.54) is 37.7 Å². The molecule has 2 heteroatoms. The number of hydrogen-bond acceptors (Lipinski definition) is 2. The highest BCUT2D eigenvalue weighted by Crippen LogP contribution is 2.21. The van der Waals surface area contributed by atoms with Crippen LogP contribution in [0.25, 0.3) is 0 Å². The molecule has 0 aliphatic heterocycles. The third-order valence-electron chi connectivity index (χ3n) is 3.26. The van der Waals surface area contributed by atoms with Crippen LogP contribution in [0.15, 0.2) is 29.4 Å². The summed E-state index contributed by atoms with van der Waals surface area (Å²) in [6, 6.07) is 8.33. The Morgan fingerprint density at radius 3 is 2.59 bits per heavy atom. The van der Waals surface area contributed by atoms with E-state index in [1.54, 1.807) is 0 Å². The average Bonchev–Trinajstić information content (AvgIpc) is 2.38. The Morgan fingerprint density at radius 2 is 1.88 bits per heavy atom. The highest BCUT2D eigenvalue weighted by Gasteiger charge is 2.11. The molecular weight excluding hydrogens is 210 g/mol. The summed E-state index contributed by atoms with van der Waals surface area (Å²) in [7, 11) is 0. The number of nitrogens with zero attached hydrogens (tertiary/aromatic N) is 1. The van der Waals surface area contributed by atoms with Crippen LogP contribution in [-0.2, 0) is 11.4 Å². The molecule has 0 amide bonds. The van der Waals surface area contributed by atoms with Gasteiger partial charge in [-0.3, -0.25) is 0 Å². The molecule has 91 valence electrons. The predicted molar refractivity (Wildman–Crippen MR) is 70.0 cm³/mol. The smallest absolute Gasteiger partial charge is 0.142 e. The van der Waals surface area contributed by atoms with Crippen LogP contribution in [-0.4, -0.2) is 6.21 Å². The van der Waals surface area contributed by atoms with Crippen molar-refractivity contribution in [1.29, 1.82) is 0 Å². The first kappa shape index (κ1) is 12.2. The molecule has 1 radical (unpaired) electrons. The van der Waals surface area contributed by atoms with E-state index in [2.05, 4.69) is 42.6 Å². The lowest BCUT2D eigenvalue weighted by Gasteiger charge is -2.15. The molecule has 0 N–H and O–H groups in total. The molecule has 2 nitrogen and oxygen atoms in total. The molecule has 1 aliphatic carbocycles. The van der Waals surface area contributed by atoms with E-state index < -0.39 is 0 Å². The lowest BCUT2D eigenvalue weighted by Crippen LogP contribution is -2.07. The van der Waals surface area contributed by atoms with E-state index in [9.17, 15) is 0 Å². The third kappa shape index (κ3) is 4.22. The molecule has 0 saturated heterocycles. The summed E-state index contributed by atoms with van der Waals surface area (Å²) in [5, 5.41) is 3.96. The largest absolute Gasteiger partial charge is 0.391 e. The normalized spacial score (nSPS) is 17.5. The molecule has 0 spiro atoms. The maximum absolute atomic E-state index is 5.28. The van der Waals surface area contributed by atoms with Crippen LogP contribution >= 0.6 is 0 Å². The van der Waals surface area contributed by atoms with Crippen molar-refractivity contribution in [2.45, 2.75) is 45.6 Å². The minimum absolute atomic E-state index is 0.516. The quantitative estimate of drug-likeness (QED) is 0.567. The Kier molecular flexibility index (Phi) is 4.60. The molecule has 1 aromatic rings. The van der Waals surface area contributed by atoms with Crippen LogP contribution in [0.1, 0.15) is 43.2 Å². The van der Waals surface area contributed by atoms with Crippen LogP contribution in [0.2, 0.25) is 0 Å². The Balaban J connectivity index is 1.71. The molecule has 0 heterocycles. The summed E-state index contributed by atoms with van der Waals surface area (Å²) in [5.74, 6) is 0.516. The monoisotopic (exact) mass is 230 g/mol. The summed E-state index contributed by atoms with van der Waals surface area (Å²) in [4.78, 5) is 5.28. The Bertz CT molecular complexity index is 350. The summed E-state index contributed by atoms with van der Waals surface area (Å²) < 4.78 is 0. The van der Waals surface area contributed by atoms with Crippen LogP contribution < -0.4 is 0 Å². The fraction of sp³-hybridized carbons (Fsp3) is 0.533. The predicted octanol–water partition coefficient (Wildman–Crippen LogP) is 3.95. The average molecular weight is 230 g/mol. The van der Waals surface area contributed by atoms with Gasteiger partial charge in [-0.05, 0) is 25.3 Å². The SMILES string of the molecule is Cc1ccc(CO/N=[C]\C2CCCCC2)cc1. The third-order valence-corrected chi connectivity index (χ3v) is 3.26. The van der Waals surface area contributed by atoms with Crippen molar-refractivity contribution in [2.75, 3.05) is 0 Å². The molecule has 0 atom stereocenters. The van der Waals surface area contributed by atoms with Gasteiger partial charge in [0.05, 0.1) is 0 Å². The van der Waals surface area contributed by atoms with Crippen LogP contribution in [0.3, 0.4) is 0 Å². The van der Waals surface area contributed by atoms with E-state index in [0.717, 1.165) is 5.56 Å². The van der Waals surface area contributed by atoms with Gasteiger partial charge in [-0.25, -0.2) is 0 Å². The van der Waals surface area contributed by atoms with E-state index in [4.69, 9.17) is 4.84 Å². The second-order valence-electron chi connectivity index (χ2n) is 4.81. The first-order chi connectivity index (χ1) is 8.34. The van der Waals surface area contributed by atoms with Gasteiger partial charge >= 0.3 is 0 Å². The molecule has 0 aromatic heterocycles. The first-order valence-corrected chi connectivity index (χ1v) is 6.47.